The van der Waals surface area contributed by atoms with Crippen LogP contribution in [0.4, 0.5) is 13.2 Å². The van der Waals surface area contributed by atoms with Crippen molar-refractivity contribution in [3.05, 3.63) is 64.7 Å². The fraction of sp³-hybridized carbons (Fsp3) is 0.294. The average molecular weight is 336 g/mol. The molecule has 1 heterocycles. The molecule has 1 aromatic carbocycles. The molecule has 0 radical (unpaired) electrons. The molecule has 0 bridgehead atoms. The first-order valence-electron chi connectivity index (χ1n) is 7.51. The van der Waals surface area contributed by atoms with Crippen LogP contribution in [0.15, 0.2) is 30.5 Å². The summed E-state index contributed by atoms with van der Waals surface area (Å²) in [7, 11) is 0. The Balaban J connectivity index is 1.76. The monoisotopic (exact) mass is 336 g/mol. The van der Waals surface area contributed by atoms with E-state index >= 15 is 0 Å². The summed E-state index contributed by atoms with van der Waals surface area (Å²) in [5.41, 5.74) is 0.656. The van der Waals surface area contributed by atoms with Gasteiger partial charge in [0.05, 0.1) is 17.7 Å². The van der Waals surface area contributed by atoms with Gasteiger partial charge < -0.3 is 10.4 Å². The first kappa shape index (κ1) is 16.4. The molecular weight excluding hydrogens is 321 g/mol. The summed E-state index contributed by atoms with van der Waals surface area (Å²) in [6, 6.07) is 4.51. The minimum Gasteiger partial charge on any atom is -0.387 e. The van der Waals surface area contributed by atoms with Crippen molar-refractivity contribution in [1.29, 1.82) is 0 Å². The lowest BCUT2D eigenvalue weighted by molar-refractivity contribution is -0.123. The van der Waals surface area contributed by atoms with Crippen LogP contribution >= 0.6 is 0 Å². The molecule has 0 saturated carbocycles. The lowest BCUT2D eigenvalue weighted by Gasteiger charge is -2.27. The van der Waals surface area contributed by atoms with Gasteiger partial charge in [-0.15, -0.1) is 0 Å². The molecule has 1 amide bonds. The Morgan fingerprint density at radius 3 is 2.67 bits per heavy atom. The van der Waals surface area contributed by atoms with Gasteiger partial charge in [-0.05, 0) is 24.5 Å². The molecule has 126 valence electrons. The molecule has 3 rings (SSSR count). The number of pyridine rings is 1. The Hall–Kier alpha value is -2.41. The van der Waals surface area contributed by atoms with Crippen molar-refractivity contribution in [3.63, 3.8) is 0 Å². The molecule has 0 unspecified atom stereocenters. The smallest absolute Gasteiger partial charge is 0.227 e. The summed E-state index contributed by atoms with van der Waals surface area (Å²) < 4.78 is 40.1. The second-order valence-corrected chi connectivity index (χ2v) is 5.69. The zero-order chi connectivity index (χ0) is 17.3. The molecule has 4 nitrogen and oxygen atoms in total. The number of amides is 1. The van der Waals surface area contributed by atoms with Crippen LogP contribution in [0.2, 0.25) is 0 Å². The van der Waals surface area contributed by atoms with E-state index in [0.717, 1.165) is 0 Å². The number of aliphatic hydroxyl groups excluding tert-OH is 1. The number of nitrogens with one attached hydrogen (secondary N) is 1. The number of hydrogen-bond acceptors (Lipinski definition) is 3. The zero-order valence-corrected chi connectivity index (χ0v) is 12.6. The first-order chi connectivity index (χ1) is 11.5. The highest BCUT2D eigenvalue weighted by Crippen LogP contribution is 2.36. The number of nitrogens with zero attached hydrogens (tertiary/aromatic N) is 1. The third-order valence-corrected chi connectivity index (χ3v) is 4.15. The number of carbonyl (C=O) groups is 1. The van der Waals surface area contributed by atoms with E-state index in [4.69, 9.17) is 0 Å². The van der Waals surface area contributed by atoms with Gasteiger partial charge >= 0.3 is 0 Å². The quantitative estimate of drug-likeness (QED) is 0.906. The molecule has 1 aromatic heterocycles. The number of halogens is 3. The van der Waals surface area contributed by atoms with Crippen LogP contribution in [0.1, 0.15) is 41.7 Å². The van der Waals surface area contributed by atoms with Crippen LogP contribution in [-0.2, 0) is 11.3 Å². The summed E-state index contributed by atoms with van der Waals surface area (Å²) in [6.07, 6.45) is 1.59. The van der Waals surface area contributed by atoms with Gasteiger partial charge in [0.25, 0.3) is 0 Å². The van der Waals surface area contributed by atoms with Crippen LogP contribution in [0.5, 0.6) is 0 Å². The summed E-state index contributed by atoms with van der Waals surface area (Å²) in [6.45, 7) is -0.384. The zero-order valence-electron chi connectivity index (χ0n) is 12.6. The van der Waals surface area contributed by atoms with E-state index in [0.29, 0.717) is 36.2 Å². The Morgan fingerprint density at radius 1 is 1.25 bits per heavy atom. The van der Waals surface area contributed by atoms with Crippen molar-refractivity contribution >= 4 is 5.91 Å². The Morgan fingerprint density at radius 2 is 1.96 bits per heavy atom. The van der Waals surface area contributed by atoms with E-state index in [1.165, 1.54) is 6.20 Å². The van der Waals surface area contributed by atoms with Crippen molar-refractivity contribution < 1.29 is 23.1 Å². The molecule has 1 aliphatic rings. The van der Waals surface area contributed by atoms with E-state index in [1.54, 1.807) is 12.1 Å². The van der Waals surface area contributed by atoms with Crippen LogP contribution in [-0.4, -0.2) is 16.0 Å². The van der Waals surface area contributed by atoms with E-state index < -0.39 is 40.9 Å². The van der Waals surface area contributed by atoms with Crippen LogP contribution in [0.3, 0.4) is 0 Å². The van der Waals surface area contributed by atoms with Crippen molar-refractivity contribution in [2.24, 2.45) is 0 Å². The standard InChI is InChI=1S/C17H15F3N2O2/c18-9-6-13(19)12(14(20)7-9)8-22-17(24)11-3-4-15(23)16-10(11)2-1-5-21-16/h1-2,5-7,11,15,23H,3-4,8H2,(H,22,24)/t11-,15+/m1/s1. The minimum atomic E-state index is -1.05. The average Bonchev–Trinajstić information content (AvgIpc) is 2.54. The Kier molecular flexibility index (Phi) is 4.53. The molecule has 0 saturated heterocycles. The maximum absolute atomic E-state index is 13.6. The van der Waals surface area contributed by atoms with Crippen molar-refractivity contribution in [2.45, 2.75) is 31.4 Å². The molecule has 1 aliphatic carbocycles. The van der Waals surface area contributed by atoms with Gasteiger partial charge in [0, 0.05) is 30.4 Å². The van der Waals surface area contributed by atoms with Gasteiger partial charge in [-0.3, -0.25) is 9.78 Å². The number of aromatic nitrogens is 1. The molecule has 0 fully saturated rings. The maximum Gasteiger partial charge on any atom is 0.227 e. The second-order valence-electron chi connectivity index (χ2n) is 5.69. The lowest BCUT2D eigenvalue weighted by atomic mass is 9.83. The highest BCUT2D eigenvalue weighted by atomic mass is 19.1. The van der Waals surface area contributed by atoms with E-state index in [9.17, 15) is 23.1 Å². The largest absolute Gasteiger partial charge is 0.387 e. The van der Waals surface area contributed by atoms with Gasteiger partial charge in [0.15, 0.2) is 0 Å². The molecule has 2 N–H and O–H groups in total. The predicted octanol–water partition coefficient (Wildman–Crippen LogP) is 2.73. The fourth-order valence-electron chi connectivity index (χ4n) is 2.93. The van der Waals surface area contributed by atoms with Crippen LogP contribution in [0.25, 0.3) is 0 Å². The third kappa shape index (κ3) is 3.12. The number of aliphatic hydroxyl groups is 1. The Bertz CT molecular complexity index is 759. The van der Waals surface area contributed by atoms with E-state index in [1.807, 2.05) is 0 Å². The molecule has 2 atom stereocenters. The molecular formula is C17H15F3N2O2. The highest BCUT2D eigenvalue weighted by molar-refractivity contribution is 5.84. The number of rotatable bonds is 3. The number of hydrogen-bond donors (Lipinski definition) is 2. The summed E-state index contributed by atoms with van der Waals surface area (Å²) in [5, 5.41) is 12.4. The SMILES string of the molecule is O=C(NCc1c(F)cc(F)cc1F)[C@@H]1CC[C@H](O)c2ncccc21. The Labute approximate surface area is 136 Å². The van der Waals surface area contributed by atoms with Gasteiger partial charge in [-0.25, -0.2) is 13.2 Å². The molecule has 2 aromatic rings. The maximum atomic E-state index is 13.6. The summed E-state index contributed by atoms with van der Waals surface area (Å²) in [5.74, 6) is -4.08. The van der Waals surface area contributed by atoms with Gasteiger partial charge in [-0.1, -0.05) is 6.07 Å². The molecule has 0 spiro atoms. The van der Waals surface area contributed by atoms with Crippen molar-refractivity contribution in [2.75, 3.05) is 0 Å². The highest BCUT2D eigenvalue weighted by Gasteiger charge is 2.31. The first-order valence-corrected chi connectivity index (χ1v) is 7.51. The van der Waals surface area contributed by atoms with E-state index in [-0.39, 0.29) is 6.54 Å². The lowest BCUT2D eigenvalue weighted by Crippen LogP contribution is -2.32. The number of benzene rings is 1. The fourth-order valence-corrected chi connectivity index (χ4v) is 2.93. The minimum absolute atomic E-state index is 0.376. The van der Waals surface area contributed by atoms with Gasteiger partial charge in [-0.2, -0.15) is 0 Å². The second kappa shape index (κ2) is 6.60. The number of fused-ring (bicyclic) bond motifs is 1. The van der Waals surface area contributed by atoms with Crippen LogP contribution in [0, 0.1) is 17.5 Å². The van der Waals surface area contributed by atoms with Crippen molar-refractivity contribution in [3.8, 4) is 0 Å². The predicted molar refractivity (Wildman–Crippen MR) is 79.3 cm³/mol. The van der Waals surface area contributed by atoms with Gasteiger partial charge in [0.1, 0.15) is 17.5 Å². The topological polar surface area (TPSA) is 62.2 Å². The normalized spacial score (nSPS) is 19.7. The van der Waals surface area contributed by atoms with E-state index in [2.05, 4.69) is 10.3 Å². The molecule has 7 heteroatoms. The third-order valence-electron chi connectivity index (χ3n) is 4.15. The number of carbonyl (C=O) groups excluding carboxylic acids is 1. The van der Waals surface area contributed by atoms with Crippen molar-refractivity contribution in [1.82, 2.24) is 10.3 Å². The molecule has 24 heavy (non-hydrogen) atoms. The van der Waals surface area contributed by atoms with Crippen LogP contribution < -0.4 is 5.32 Å². The summed E-state index contributed by atoms with van der Waals surface area (Å²) in [4.78, 5) is 16.5. The summed E-state index contributed by atoms with van der Waals surface area (Å²) >= 11 is 0. The molecule has 0 aliphatic heterocycles. The van der Waals surface area contributed by atoms with Gasteiger partial charge in [0.2, 0.25) is 5.91 Å².